The molecule has 0 aliphatic heterocycles. The number of unbranched alkanes of at least 4 members (excludes halogenated alkanes) is 4. The van der Waals surface area contributed by atoms with Gasteiger partial charge in [-0.3, -0.25) is 4.79 Å². The molecule has 5 heteroatoms. The van der Waals surface area contributed by atoms with Crippen molar-refractivity contribution in [3.8, 4) is 0 Å². The lowest BCUT2D eigenvalue weighted by molar-refractivity contribution is -0.119. The number of hydrogen-bond donors (Lipinski definition) is 2. The minimum Gasteiger partial charge on any atom is -0.331 e. The second kappa shape index (κ2) is 9.72. The lowest BCUT2D eigenvalue weighted by Crippen LogP contribution is -2.33. The number of carbonyl (C=O) groups excluding carboxylic acids is 1. The maximum atomic E-state index is 11.7. The predicted molar refractivity (Wildman–Crippen MR) is 89.2 cm³/mol. The summed E-state index contributed by atoms with van der Waals surface area (Å²) in [5.74, 6) is -0.0500. The summed E-state index contributed by atoms with van der Waals surface area (Å²) >= 11 is 11.1. The minimum absolute atomic E-state index is 0.0500. The van der Waals surface area contributed by atoms with Gasteiger partial charge in [0.05, 0.1) is 10.7 Å². The third kappa shape index (κ3) is 6.87. The van der Waals surface area contributed by atoms with E-state index in [9.17, 15) is 4.79 Å². The Morgan fingerprint density at radius 1 is 1.20 bits per heavy atom. The number of nitrogens with one attached hydrogen (secondary N) is 2. The summed E-state index contributed by atoms with van der Waals surface area (Å²) in [5.41, 5.74) is 0.697. The van der Waals surface area contributed by atoms with Crippen LogP contribution in [0.4, 0.5) is 5.69 Å². The van der Waals surface area contributed by atoms with E-state index in [0.717, 1.165) is 12.8 Å². The summed E-state index contributed by atoms with van der Waals surface area (Å²) in [5, 5.41) is 6.45. The van der Waals surface area contributed by atoms with Crippen molar-refractivity contribution in [3.05, 3.63) is 29.3 Å². The van der Waals surface area contributed by atoms with Gasteiger partial charge in [0.25, 0.3) is 0 Å². The topological polar surface area (TPSA) is 41.1 Å². The van der Waals surface area contributed by atoms with Gasteiger partial charge in [-0.2, -0.15) is 0 Å². The first-order valence-corrected chi connectivity index (χ1v) is 7.77. The molecule has 110 valence electrons. The molecule has 1 rings (SSSR count). The van der Waals surface area contributed by atoms with Crippen LogP contribution in [0.2, 0.25) is 5.02 Å². The van der Waals surface area contributed by atoms with Crippen molar-refractivity contribution in [1.29, 1.82) is 0 Å². The highest BCUT2D eigenvalue weighted by atomic mass is 35.5. The Labute approximate surface area is 131 Å². The molecule has 3 nitrogen and oxygen atoms in total. The fraction of sp³-hybridized carbons (Fsp3) is 0.467. The zero-order chi connectivity index (χ0) is 14.8. The van der Waals surface area contributed by atoms with Gasteiger partial charge in [0, 0.05) is 6.42 Å². The van der Waals surface area contributed by atoms with Gasteiger partial charge in [0.1, 0.15) is 0 Å². The molecule has 1 aromatic rings. The Morgan fingerprint density at radius 2 is 1.90 bits per heavy atom. The van der Waals surface area contributed by atoms with Crippen LogP contribution in [0.5, 0.6) is 0 Å². The number of halogens is 1. The van der Waals surface area contributed by atoms with Gasteiger partial charge in [-0.1, -0.05) is 56.3 Å². The molecule has 0 radical (unpaired) electrons. The molecule has 0 unspecified atom stereocenters. The van der Waals surface area contributed by atoms with Gasteiger partial charge < -0.3 is 10.6 Å². The molecule has 20 heavy (non-hydrogen) atoms. The van der Waals surface area contributed by atoms with Gasteiger partial charge >= 0.3 is 0 Å². The number of para-hydroxylation sites is 1. The average molecular weight is 313 g/mol. The maximum absolute atomic E-state index is 11.7. The molecule has 0 atom stereocenters. The van der Waals surface area contributed by atoms with Crippen molar-refractivity contribution in [2.45, 2.75) is 45.4 Å². The van der Waals surface area contributed by atoms with Crippen LogP contribution >= 0.6 is 23.8 Å². The molecule has 0 saturated heterocycles. The van der Waals surface area contributed by atoms with Gasteiger partial charge in [0.15, 0.2) is 5.11 Å². The van der Waals surface area contributed by atoms with Gasteiger partial charge in [-0.25, -0.2) is 0 Å². The highest BCUT2D eigenvalue weighted by Gasteiger charge is 2.06. The molecule has 2 N–H and O–H groups in total. The average Bonchev–Trinajstić information content (AvgIpc) is 2.41. The molecule has 0 aromatic heterocycles. The number of amides is 1. The van der Waals surface area contributed by atoms with E-state index in [-0.39, 0.29) is 11.0 Å². The monoisotopic (exact) mass is 312 g/mol. The van der Waals surface area contributed by atoms with Crippen molar-refractivity contribution in [2.24, 2.45) is 0 Å². The molecule has 0 fully saturated rings. The molecule has 0 heterocycles. The Kier molecular flexibility index (Phi) is 8.23. The first kappa shape index (κ1) is 16.9. The third-order valence-corrected chi connectivity index (χ3v) is 3.42. The fourth-order valence-corrected chi connectivity index (χ4v) is 2.20. The zero-order valence-electron chi connectivity index (χ0n) is 11.7. The van der Waals surface area contributed by atoms with E-state index in [4.69, 9.17) is 23.8 Å². The molecule has 1 aromatic carbocycles. The van der Waals surface area contributed by atoms with Crippen molar-refractivity contribution in [1.82, 2.24) is 5.32 Å². The summed E-state index contributed by atoms with van der Waals surface area (Å²) < 4.78 is 0. The van der Waals surface area contributed by atoms with E-state index in [0.29, 0.717) is 17.1 Å². The first-order valence-electron chi connectivity index (χ1n) is 6.99. The summed E-state index contributed by atoms with van der Waals surface area (Å²) in [4.78, 5) is 11.7. The van der Waals surface area contributed by atoms with Crippen LogP contribution in [0.3, 0.4) is 0 Å². The third-order valence-electron chi connectivity index (χ3n) is 2.88. The molecule has 0 bridgehead atoms. The summed E-state index contributed by atoms with van der Waals surface area (Å²) in [6.07, 6.45) is 6.12. The van der Waals surface area contributed by atoms with E-state index < -0.39 is 0 Å². The summed E-state index contributed by atoms with van der Waals surface area (Å²) in [6, 6.07) is 7.27. The molecular weight excluding hydrogens is 292 g/mol. The van der Waals surface area contributed by atoms with Crippen LogP contribution in [0, 0.1) is 0 Å². The summed E-state index contributed by atoms with van der Waals surface area (Å²) in [6.45, 7) is 2.17. The van der Waals surface area contributed by atoms with Crippen molar-refractivity contribution < 1.29 is 4.79 Å². The van der Waals surface area contributed by atoms with Gasteiger partial charge in [-0.15, -0.1) is 0 Å². The molecule has 0 spiro atoms. The van der Waals surface area contributed by atoms with Crippen LogP contribution in [0.15, 0.2) is 24.3 Å². The lowest BCUT2D eigenvalue weighted by Gasteiger charge is -2.10. The van der Waals surface area contributed by atoms with Crippen molar-refractivity contribution >= 4 is 40.5 Å². The van der Waals surface area contributed by atoms with Crippen molar-refractivity contribution in [3.63, 3.8) is 0 Å². The Bertz CT molecular complexity index is 451. The van der Waals surface area contributed by atoms with E-state index >= 15 is 0 Å². The quantitative estimate of drug-likeness (QED) is 0.575. The highest BCUT2D eigenvalue weighted by Crippen LogP contribution is 2.20. The van der Waals surface area contributed by atoms with E-state index in [1.165, 1.54) is 19.3 Å². The first-order chi connectivity index (χ1) is 9.63. The second-order valence-electron chi connectivity index (χ2n) is 4.65. The number of carbonyl (C=O) groups is 1. The largest absolute Gasteiger partial charge is 0.331 e. The van der Waals surface area contributed by atoms with Crippen LogP contribution in [0.25, 0.3) is 0 Å². The number of hydrogen-bond acceptors (Lipinski definition) is 2. The minimum atomic E-state index is -0.0500. The number of anilines is 1. The van der Waals surface area contributed by atoms with Gasteiger partial charge in [0.2, 0.25) is 5.91 Å². The Balaban J connectivity index is 2.25. The highest BCUT2D eigenvalue weighted by molar-refractivity contribution is 7.80. The van der Waals surface area contributed by atoms with E-state index in [2.05, 4.69) is 17.6 Å². The molecule has 0 aliphatic carbocycles. The fourth-order valence-electron chi connectivity index (χ4n) is 1.79. The van der Waals surface area contributed by atoms with E-state index in [1.807, 2.05) is 18.2 Å². The van der Waals surface area contributed by atoms with Crippen LogP contribution < -0.4 is 10.6 Å². The maximum Gasteiger partial charge on any atom is 0.226 e. The van der Waals surface area contributed by atoms with Crippen molar-refractivity contribution in [2.75, 3.05) is 5.32 Å². The number of benzene rings is 1. The van der Waals surface area contributed by atoms with Crippen LogP contribution in [0.1, 0.15) is 45.4 Å². The Morgan fingerprint density at radius 3 is 2.60 bits per heavy atom. The molecule has 0 saturated carbocycles. The Hall–Kier alpha value is -1.13. The summed E-state index contributed by atoms with van der Waals surface area (Å²) in [7, 11) is 0. The van der Waals surface area contributed by atoms with Crippen LogP contribution in [-0.4, -0.2) is 11.0 Å². The van der Waals surface area contributed by atoms with Crippen LogP contribution in [-0.2, 0) is 4.79 Å². The standard InChI is InChI=1S/C15H21ClN2OS/c1-2-3-4-5-6-11-14(19)18-15(20)17-13-10-8-7-9-12(13)16/h7-10H,2-6,11H2,1H3,(H2,17,18,19,20). The SMILES string of the molecule is CCCCCCCC(=O)NC(=S)Nc1ccccc1Cl. The lowest BCUT2D eigenvalue weighted by atomic mass is 10.1. The molecule has 0 aliphatic rings. The molecule has 1 amide bonds. The zero-order valence-corrected chi connectivity index (χ0v) is 13.3. The normalized spacial score (nSPS) is 10.1. The number of rotatable bonds is 7. The molecular formula is C15H21ClN2OS. The van der Waals surface area contributed by atoms with E-state index in [1.54, 1.807) is 6.07 Å². The number of thiocarbonyl (C=S) groups is 1. The second-order valence-corrected chi connectivity index (χ2v) is 5.46. The van der Waals surface area contributed by atoms with Gasteiger partial charge in [-0.05, 0) is 30.8 Å². The smallest absolute Gasteiger partial charge is 0.226 e. The predicted octanol–water partition coefficient (Wildman–Crippen LogP) is 4.51.